The van der Waals surface area contributed by atoms with E-state index in [4.69, 9.17) is 0 Å². The van der Waals surface area contributed by atoms with E-state index in [1.807, 2.05) is 6.07 Å². The Morgan fingerprint density at radius 3 is 2.74 bits per heavy atom. The molecule has 2 amide bonds. The summed E-state index contributed by atoms with van der Waals surface area (Å²) in [4.78, 5) is 24.2. The highest BCUT2D eigenvalue weighted by molar-refractivity contribution is 9.11. The minimum Gasteiger partial charge on any atom is -0.352 e. The van der Waals surface area contributed by atoms with Gasteiger partial charge in [0, 0.05) is 17.3 Å². The molecule has 1 heterocycles. The van der Waals surface area contributed by atoms with Crippen molar-refractivity contribution in [1.82, 2.24) is 10.6 Å². The molecule has 4 nitrogen and oxygen atoms in total. The van der Waals surface area contributed by atoms with Crippen molar-refractivity contribution < 1.29 is 9.59 Å². The topological polar surface area (TPSA) is 58.2 Å². The molecular weight excluding hydrogens is 328 g/mol. The highest BCUT2D eigenvalue weighted by atomic mass is 79.9. The Morgan fingerprint density at radius 2 is 2.11 bits per heavy atom. The summed E-state index contributed by atoms with van der Waals surface area (Å²) >= 11 is 5.11. The molecule has 19 heavy (non-hydrogen) atoms. The molecule has 1 aromatic heterocycles. The Labute approximate surface area is 125 Å². The van der Waals surface area contributed by atoms with Crippen molar-refractivity contribution in [3.05, 3.63) is 20.8 Å². The van der Waals surface area contributed by atoms with Crippen LogP contribution >= 0.6 is 27.3 Å². The quantitative estimate of drug-likeness (QED) is 0.796. The van der Waals surface area contributed by atoms with Crippen molar-refractivity contribution >= 4 is 39.1 Å². The van der Waals surface area contributed by atoms with Gasteiger partial charge < -0.3 is 10.6 Å². The van der Waals surface area contributed by atoms with Gasteiger partial charge in [0.05, 0.1) is 10.3 Å². The third-order valence-corrected chi connectivity index (χ3v) is 4.53. The third-order valence-electron chi connectivity index (χ3n) is 2.84. The molecule has 6 heteroatoms. The average Bonchev–Trinajstić information content (AvgIpc) is 3.08. The number of halogens is 1. The van der Waals surface area contributed by atoms with Gasteiger partial charge in [-0.05, 0) is 53.7 Å². The average molecular weight is 345 g/mol. The number of hydrogen-bond donors (Lipinski definition) is 2. The molecule has 0 atom stereocenters. The van der Waals surface area contributed by atoms with Gasteiger partial charge in [0.25, 0.3) is 0 Å². The van der Waals surface area contributed by atoms with Gasteiger partial charge in [-0.15, -0.1) is 11.3 Å². The Bertz CT molecular complexity index is 457. The molecule has 0 unspecified atom stereocenters. The fourth-order valence-corrected chi connectivity index (χ4v) is 3.21. The van der Waals surface area contributed by atoms with Crippen LogP contribution in [0.3, 0.4) is 0 Å². The maximum Gasteiger partial charge on any atom is 0.239 e. The Kier molecular flexibility index (Phi) is 5.39. The predicted octanol–water partition coefficient (Wildman–Crippen LogP) is 2.23. The third kappa shape index (κ3) is 5.74. The lowest BCUT2D eigenvalue weighted by Gasteiger charge is -2.05. The van der Waals surface area contributed by atoms with Gasteiger partial charge in [-0.25, -0.2) is 0 Å². The highest BCUT2D eigenvalue weighted by Gasteiger charge is 2.23. The van der Waals surface area contributed by atoms with E-state index in [0.29, 0.717) is 12.5 Å². The zero-order valence-corrected chi connectivity index (χ0v) is 13.0. The van der Waals surface area contributed by atoms with E-state index in [2.05, 4.69) is 32.6 Å². The second-order valence-corrected chi connectivity index (χ2v) is 7.23. The van der Waals surface area contributed by atoms with E-state index < -0.39 is 0 Å². The molecule has 0 aromatic carbocycles. The summed E-state index contributed by atoms with van der Waals surface area (Å²) in [6.07, 6.45) is 4.30. The zero-order chi connectivity index (χ0) is 13.7. The number of thiophene rings is 1. The number of carbonyl (C=O) groups excluding carboxylic acids is 2. The van der Waals surface area contributed by atoms with Gasteiger partial charge in [0.15, 0.2) is 0 Å². The van der Waals surface area contributed by atoms with Gasteiger partial charge in [-0.1, -0.05) is 0 Å². The Hall–Kier alpha value is -0.880. The second kappa shape index (κ2) is 7.05. The first-order chi connectivity index (χ1) is 9.13. The summed E-state index contributed by atoms with van der Waals surface area (Å²) in [5.74, 6) is -0.139. The fraction of sp³-hybridized carbons (Fsp3) is 0.538. The fourth-order valence-electron chi connectivity index (χ4n) is 1.68. The lowest BCUT2D eigenvalue weighted by Crippen LogP contribution is -2.37. The standard InChI is InChI=1S/C13H17BrN2O2S/c14-11-7-6-10(19-11)2-1-3-12(17)15-8-13(18)16-9-4-5-9/h6-7,9H,1-5,8H2,(H,15,17)(H,16,18). The van der Waals surface area contributed by atoms with Crippen molar-refractivity contribution in [2.45, 2.75) is 38.1 Å². The zero-order valence-electron chi connectivity index (χ0n) is 10.6. The molecule has 1 fully saturated rings. The van der Waals surface area contributed by atoms with Crippen LogP contribution in [0, 0.1) is 0 Å². The molecular formula is C13H17BrN2O2S. The van der Waals surface area contributed by atoms with E-state index in [0.717, 1.165) is 29.5 Å². The van der Waals surface area contributed by atoms with Gasteiger partial charge in [-0.2, -0.15) is 0 Å². The van der Waals surface area contributed by atoms with Crippen molar-refractivity contribution in [2.24, 2.45) is 0 Å². The molecule has 1 aliphatic carbocycles. The molecule has 0 radical (unpaired) electrons. The lowest BCUT2D eigenvalue weighted by atomic mass is 10.2. The van der Waals surface area contributed by atoms with Crippen molar-refractivity contribution in [3.8, 4) is 0 Å². The monoisotopic (exact) mass is 344 g/mol. The molecule has 1 aromatic rings. The summed E-state index contributed by atoms with van der Waals surface area (Å²) in [6, 6.07) is 4.43. The summed E-state index contributed by atoms with van der Waals surface area (Å²) in [6.45, 7) is 0.0971. The van der Waals surface area contributed by atoms with Crippen LogP contribution in [-0.4, -0.2) is 24.4 Å². The molecule has 0 bridgehead atoms. The van der Waals surface area contributed by atoms with Gasteiger partial charge in [0.2, 0.25) is 11.8 Å². The van der Waals surface area contributed by atoms with E-state index >= 15 is 0 Å². The first kappa shape index (κ1) is 14.5. The number of rotatable bonds is 7. The minimum atomic E-state index is -0.0852. The van der Waals surface area contributed by atoms with Crippen LogP contribution in [0.25, 0.3) is 0 Å². The van der Waals surface area contributed by atoms with E-state index in [1.54, 1.807) is 11.3 Å². The maximum atomic E-state index is 11.5. The smallest absolute Gasteiger partial charge is 0.239 e. The predicted molar refractivity (Wildman–Crippen MR) is 79.1 cm³/mol. The van der Waals surface area contributed by atoms with Crippen LogP contribution < -0.4 is 10.6 Å². The van der Waals surface area contributed by atoms with Crippen molar-refractivity contribution in [1.29, 1.82) is 0 Å². The van der Waals surface area contributed by atoms with Crippen LogP contribution in [0.4, 0.5) is 0 Å². The number of aryl methyl sites for hydroxylation is 1. The molecule has 1 saturated carbocycles. The first-order valence-electron chi connectivity index (χ1n) is 6.44. The first-order valence-corrected chi connectivity index (χ1v) is 8.05. The number of nitrogens with one attached hydrogen (secondary N) is 2. The molecule has 2 rings (SSSR count). The van der Waals surface area contributed by atoms with Crippen LogP contribution in [0.15, 0.2) is 15.9 Å². The van der Waals surface area contributed by atoms with Crippen molar-refractivity contribution in [2.75, 3.05) is 6.54 Å². The van der Waals surface area contributed by atoms with Gasteiger partial charge >= 0.3 is 0 Å². The Morgan fingerprint density at radius 1 is 1.32 bits per heavy atom. The number of amides is 2. The Balaban J connectivity index is 1.55. The lowest BCUT2D eigenvalue weighted by molar-refractivity contribution is -0.126. The molecule has 0 aliphatic heterocycles. The molecule has 104 valence electrons. The van der Waals surface area contributed by atoms with E-state index in [1.165, 1.54) is 4.88 Å². The molecule has 0 spiro atoms. The molecule has 0 saturated heterocycles. The SMILES string of the molecule is O=C(CCCc1ccc(Br)s1)NCC(=O)NC1CC1. The normalized spacial score (nSPS) is 14.2. The minimum absolute atomic E-state index is 0.0541. The molecule has 2 N–H and O–H groups in total. The largest absolute Gasteiger partial charge is 0.352 e. The van der Waals surface area contributed by atoms with Crippen LogP contribution in [0.1, 0.15) is 30.6 Å². The number of hydrogen-bond acceptors (Lipinski definition) is 3. The van der Waals surface area contributed by atoms with E-state index in [-0.39, 0.29) is 18.4 Å². The molecule has 1 aliphatic rings. The summed E-state index contributed by atoms with van der Waals surface area (Å²) in [5, 5.41) is 5.49. The van der Waals surface area contributed by atoms with Crippen molar-refractivity contribution in [3.63, 3.8) is 0 Å². The van der Waals surface area contributed by atoms with E-state index in [9.17, 15) is 9.59 Å². The number of carbonyl (C=O) groups is 2. The van der Waals surface area contributed by atoms with Gasteiger partial charge in [0.1, 0.15) is 0 Å². The van der Waals surface area contributed by atoms with Crippen LogP contribution in [0.2, 0.25) is 0 Å². The van der Waals surface area contributed by atoms with Crippen LogP contribution in [-0.2, 0) is 16.0 Å². The highest BCUT2D eigenvalue weighted by Crippen LogP contribution is 2.23. The summed E-state index contributed by atoms with van der Waals surface area (Å²) in [7, 11) is 0. The second-order valence-electron chi connectivity index (χ2n) is 4.68. The van der Waals surface area contributed by atoms with Crippen LogP contribution in [0.5, 0.6) is 0 Å². The summed E-state index contributed by atoms with van der Waals surface area (Å²) < 4.78 is 1.11. The summed E-state index contributed by atoms with van der Waals surface area (Å²) in [5.41, 5.74) is 0. The maximum absolute atomic E-state index is 11.5. The van der Waals surface area contributed by atoms with Gasteiger partial charge in [-0.3, -0.25) is 9.59 Å².